The molecule has 1 unspecified atom stereocenters. The van der Waals surface area contributed by atoms with Crippen LogP contribution in [0.2, 0.25) is 5.21 Å². The first kappa shape index (κ1) is 21.7. The summed E-state index contributed by atoms with van der Waals surface area (Å²) in [6, 6.07) is 13.7. The number of ether oxygens (including phenoxy) is 1. The van der Waals surface area contributed by atoms with Crippen molar-refractivity contribution in [2.75, 3.05) is 38.6 Å². The van der Waals surface area contributed by atoms with Crippen LogP contribution in [0.4, 0.5) is 10.2 Å². The molecule has 6 nitrogen and oxygen atoms in total. The zero-order chi connectivity index (χ0) is 21.6. The van der Waals surface area contributed by atoms with Crippen molar-refractivity contribution in [2.24, 2.45) is 0 Å². The Morgan fingerprint density at radius 2 is 1.94 bits per heavy atom. The summed E-state index contributed by atoms with van der Waals surface area (Å²) >= 11 is -0.303. The van der Waals surface area contributed by atoms with Crippen LogP contribution < -0.4 is 10.1 Å². The molecule has 3 aromatic rings. The van der Waals surface area contributed by atoms with Crippen LogP contribution >= 0.6 is 0 Å². The van der Waals surface area contributed by atoms with Crippen LogP contribution in [0.1, 0.15) is 22.3 Å². The molecule has 2 N–H and O–H groups in total. The number of morpholine rings is 1. The van der Waals surface area contributed by atoms with Gasteiger partial charge in [-0.2, -0.15) is 0 Å². The van der Waals surface area contributed by atoms with E-state index < -0.39 is 0 Å². The van der Waals surface area contributed by atoms with E-state index in [0.29, 0.717) is 16.8 Å². The first-order valence-electron chi connectivity index (χ1n) is 10.4. The predicted octanol–water partition coefficient (Wildman–Crippen LogP) is 2.03. The molecule has 2 aromatic carbocycles. The fourth-order valence-corrected chi connectivity index (χ4v) is 5.90. The molecular weight excluding hydrogens is 458 g/mol. The van der Waals surface area contributed by atoms with Gasteiger partial charge in [0.15, 0.2) is 0 Å². The molecule has 1 fully saturated rings. The van der Waals surface area contributed by atoms with Gasteiger partial charge >= 0.3 is 188 Å². The maximum absolute atomic E-state index is 13.2. The van der Waals surface area contributed by atoms with Crippen molar-refractivity contribution < 1.29 is 13.9 Å². The minimum atomic E-state index is -0.337. The zero-order valence-corrected chi connectivity index (χ0v) is 19.4. The van der Waals surface area contributed by atoms with Gasteiger partial charge < -0.3 is 0 Å². The van der Waals surface area contributed by atoms with E-state index in [-0.39, 0.29) is 33.2 Å². The van der Waals surface area contributed by atoms with E-state index in [0.717, 1.165) is 32.8 Å². The van der Waals surface area contributed by atoms with E-state index in [1.807, 2.05) is 18.2 Å². The third-order valence-electron chi connectivity index (χ3n) is 5.33. The van der Waals surface area contributed by atoms with E-state index in [1.54, 1.807) is 12.1 Å². The van der Waals surface area contributed by atoms with Crippen molar-refractivity contribution in [3.8, 4) is 5.69 Å². The number of hydrogen-bond donors (Lipinski definition) is 1. The third-order valence-corrected chi connectivity index (χ3v) is 8.11. The molecule has 0 spiro atoms. The van der Waals surface area contributed by atoms with Crippen molar-refractivity contribution in [3.63, 3.8) is 0 Å². The van der Waals surface area contributed by atoms with Gasteiger partial charge in [0, 0.05) is 0 Å². The van der Waals surface area contributed by atoms with Gasteiger partial charge in [0.25, 0.3) is 0 Å². The van der Waals surface area contributed by atoms with Gasteiger partial charge in [-0.25, -0.2) is 0 Å². The van der Waals surface area contributed by atoms with Crippen molar-refractivity contribution in [2.45, 2.75) is 11.6 Å². The maximum atomic E-state index is 13.2. The number of aromatic nitrogens is 2. The predicted molar refractivity (Wildman–Crippen MR) is 121 cm³/mol. The molecule has 0 bridgehead atoms. The number of nitrogen functional groups attached to an aromatic ring is 1. The Morgan fingerprint density at radius 3 is 2.71 bits per heavy atom. The molecule has 1 aromatic heterocycles. The first-order valence-corrected chi connectivity index (χ1v) is 12.9. The molecule has 2 heterocycles. The van der Waals surface area contributed by atoms with Crippen LogP contribution in [0, 0.1) is 5.82 Å². The second kappa shape index (κ2) is 10.2. The zero-order valence-electron chi connectivity index (χ0n) is 17.3. The second-order valence-electron chi connectivity index (χ2n) is 7.48. The molecule has 0 aliphatic carbocycles. The summed E-state index contributed by atoms with van der Waals surface area (Å²) in [7, 11) is 0. The van der Waals surface area contributed by atoms with E-state index >= 15 is 0 Å². The number of nitrogens with two attached hydrogens (primary N) is 1. The molecule has 1 saturated heterocycles. The Hall–Kier alpha value is -2.47. The quantitative estimate of drug-likeness (QED) is 0.301. The van der Waals surface area contributed by atoms with Gasteiger partial charge in [0.1, 0.15) is 0 Å². The normalized spacial score (nSPS) is 15.0. The average Bonchev–Trinajstić information content (AvgIpc) is 3.19. The summed E-state index contributed by atoms with van der Waals surface area (Å²) in [6.07, 6.45) is 2.65. The summed E-state index contributed by atoms with van der Waals surface area (Å²) in [5.74, 6) is -0.229. The Morgan fingerprint density at radius 1 is 1.16 bits per heavy atom. The van der Waals surface area contributed by atoms with E-state index in [1.165, 1.54) is 39.0 Å². The molecule has 0 amide bonds. The average molecular weight is 484 g/mol. The molecule has 0 radical (unpaired) electrons. The summed E-state index contributed by atoms with van der Waals surface area (Å²) in [5.41, 5.74) is 7.79. The molecule has 1 atom stereocenters. The van der Waals surface area contributed by atoms with E-state index in [9.17, 15) is 9.18 Å². The van der Waals surface area contributed by atoms with Gasteiger partial charge in [-0.15, -0.1) is 0 Å². The Balaban J connectivity index is 1.39. The number of benzene rings is 2. The summed E-state index contributed by atoms with van der Waals surface area (Å²) in [6.45, 7) is 4.83. The molecule has 1 aliphatic heterocycles. The Bertz CT molecular complexity index is 1030. The van der Waals surface area contributed by atoms with Gasteiger partial charge in [0.05, 0.1) is 0 Å². The van der Waals surface area contributed by atoms with Crippen LogP contribution in [0.3, 0.4) is 0 Å². The van der Waals surface area contributed by atoms with Gasteiger partial charge in [-0.05, 0) is 0 Å². The van der Waals surface area contributed by atoms with Crippen LogP contribution in [0.5, 0.6) is 0 Å². The molecule has 0 saturated carbocycles. The standard InChI is InChI=1S/C23H26AsFN4O2/c25-19-5-7-20(8-6-19)29-23(26)21(16-27-29)22(30)17-3-1-4-18(15-17)24-9-2-10-28-11-13-31-14-12-28/h1,3-8,15-16,24H,2,9-14,26H2. The van der Waals surface area contributed by atoms with Crippen molar-refractivity contribution in [1.29, 1.82) is 0 Å². The first-order chi connectivity index (χ1) is 15.1. The number of carbonyl (C=O) groups is 1. The molecule has 162 valence electrons. The van der Waals surface area contributed by atoms with Crippen molar-refractivity contribution in [3.05, 3.63) is 71.7 Å². The van der Waals surface area contributed by atoms with E-state index in [2.05, 4.69) is 16.1 Å². The summed E-state index contributed by atoms with van der Waals surface area (Å²) < 4.78 is 21.3. The van der Waals surface area contributed by atoms with Crippen LogP contribution in [0.25, 0.3) is 5.69 Å². The number of hydrogen-bond acceptors (Lipinski definition) is 5. The summed E-state index contributed by atoms with van der Waals surface area (Å²) in [4.78, 5) is 15.5. The molecule has 31 heavy (non-hydrogen) atoms. The molecule has 8 heteroatoms. The Labute approximate surface area is 187 Å². The van der Waals surface area contributed by atoms with Crippen molar-refractivity contribution >= 4 is 31.7 Å². The molecular formula is C23H26AsFN4O2. The molecule has 4 rings (SSSR count). The van der Waals surface area contributed by atoms with Crippen LogP contribution in [0.15, 0.2) is 54.7 Å². The monoisotopic (exact) mass is 484 g/mol. The topological polar surface area (TPSA) is 73.4 Å². The number of anilines is 1. The molecule has 1 aliphatic rings. The van der Waals surface area contributed by atoms with Gasteiger partial charge in [-0.3, -0.25) is 0 Å². The second-order valence-corrected chi connectivity index (χ2v) is 10.5. The third kappa shape index (κ3) is 5.42. The fraction of sp³-hybridized carbons (Fsp3) is 0.304. The number of ketones is 1. The summed E-state index contributed by atoms with van der Waals surface area (Å²) in [5, 5.41) is 5.43. The number of halogens is 1. The van der Waals surface area contributed by atoms with Gasteiger partial charge in [-0.1, -0.05) is 0 Å². The number of rotatable bonds is 8. The van der Waals surface area contributed by atoms with Gasteiger partial charge in [0.2, 0.25) is 0 Å². The SMILES string of the molecule is Nc1c(C(=O)c2cccc([AsH]CCCN3CCOCC3)c2)cnn1-c1ccc(F)cc1. The number of nitrogens with zero attached hydrogens (tertiary/aromatic N) is 3. The Kier molecular flexibility index (Phi) is 7.17. The van der Waals surface area contributed by atoms with Crippen molar-refractivity contribution in [1.82, 2.24) is 14.7 Å². The van der Waals surface area contributed by atoms with Crippen LogP contribution in [-0.2, 0) is 4.74 Å². The number of carbonyl (C=O) groups excluding carboxylic acids is 1. The fourth-order valence-electron chi connectivity index (χ4n) is 3.61. The minimum absolute atomic E-state index is 0.146. The van der Waals surface area contributed by atoms with E-state index in [4.69, 9.17) is 10.5 Å². The van der Waals surface area contributed by atoms with Crippen LogP contribution in [-0.4, -0.2) is 69.1 Å².